The van der Waals surface area contributed by atoms with E-state index in [0.29, 0.717) is 23.7 Å². The average molecular weight is 493 g/mol. The fraction of sp³-hybridized carbons (Fsp3) is 0.238. The molecule has 30 heavy (non-hydrogen) atoms. The maximum Gasteiger partial charge on any atom is 0.306 e. The molecule has 2 amide bonds. The summed E-state index contributed by atoms with van der Waals surface area (Å²) in [5.74, 6) is -1.41. The van der Waals surface area contributed by atoms with Crippen LogP contribution >= 0.6 is 27.5 Å². The predicted octanol–water partition coefficient (Wildman–Crippen LogP) is 4.00. The van der Waals surface area contributed by atoms with E-state index in [9.17, 15) is 14.4 Å². The molecule has 0 radical (unpaired) electrons. The second-order valence-corrected chi connectivity index (χ2v) is 7.84. The van der Waals surface area contributed by atoms with Gasteiger partial charge in [-0.05, 0) is 23.8 Å². The number of carbonyl (C=O) groups is 3. The Bertz CT molecular complexity index is 981. The van der Waals surface area contributed by atoms with Crippen LogP contribution in [0.1, 0.15) is 24.8 Å². The number of ether oxygens (including phenoxy) is 1. The lowest BCUT2D eigenvalue weighted by Gasteiger charge is -2.11. The number of anilines is 1. The Morgan fingerprint density at radius 1 is 1.13 bits per heavy atom. The average Bonchev–Trinajstić information content (AvgIpc) is 3.23. The summed E-state index contributed by atoms with van der Waals surface area (Å²) < 4.78 is 5.71. The summed E-state index contributed by atoms with van der Waals surface area (Å²) in [6, 6.07) is 14.6. The standard InChI is InChI=1S/C21H19BrClN3O4/c22-15-6-7-18(16(23)12-15)24-19(27)13-30-21(29)9-8-20(28)26-11-10-17(25-26)14-4-2-1-3-5-14/h1-7,12H,8-11,13H2,(H,24,27). The normalized spacial score (nSPS) is 13.0. The fourth-order valence-corrected chi connectivity index (χ4v) is 3.52. The van der Waals surface area contributed by atoms with Crippen LogP contribution in [0.25, 0.3) is 0 Å². The smallest absolute Gasteiger partial charge is 0.306 e. The van der Waals surface area contributed by atoms with Crippen LogP contribution in [0.5, 0.6) is 0 Å². The molecule has 1 aliphatic heterocycles. The Labute approximate surface area is 187 Å². The van der Waals surface area contributed by atoms with Crippen LogP contribution in [0.2, 0.25) is 5.02 Å². The number of halogens is 2. The first-order chi connectivity index (χ1) is 14.4. The summed E-state index contributed by atoms with van der Waals surface area (Å²) in [5.41, 5.74) is 2.23. The molecular formula is C21H19BrClN3O4. The van der Waals surface area contributed by atoms with E-state index < -0.39 is 18.5 Å². The van der Waals surface area contributed by atoms with E-state index in [2.05, 4.69) is 26.3 Å². The van der Waals surface area contributed by atoms with Crippen molar-refractivity contribution in [3.63, 3.8) is 0 Å². The van der Waals surface area contributed by atoms with E-state index in [1.54, 1.807) is 18.2 Å². The van der Waals surface area contributed by atoms with Crippen molar-refractivity contribution < 1.29 is 19.1 Å². The summed E-state index contributed by atoms with van der Waals surface area (Å²) in [5, 5.41) is 8.63. The summed E-state index contributed by atoms with van der Waals surface area (Å²) in [7, 11) is 0. The molecule has 0 atom stereocenters. The van der Waals surface area contributed by atoms with Crippen LogP contribution in [0.4, 0.5) is 5.69 Å². The van der Waals surface area contributed by atoms with E-state index in [0.717, 1.165) is 15.7 Å². The molecule has 1 N–H and O–H groups in total. The van der Waals surface area contributed by atoms with E-state index in [1.807, 2.05) is 30.3 Å². The van der Waals surface area contributed by atoms with Gasteiger partial charge in [0.1, 0.15) is 0 Å². The molecule has 0 saturated heterocycles. The minimum atomic E-state index is -0.633. The van der Waals surface area contributed by atoms with Gasteiger partial charge in [0.25, 0.3) is 5.91 Å². The van der Waals surface area contributed by atoms with Crippen LogP contribution in [0.3, 0.4) is 0 Å². The first-order valence-corrected chi connectivity index (χ1v) is 10.4. The molecule has 0 aliphatic carbocycles. The third kappa shape index (κ3) is 6.14. The van der Waals surface area contributed by atoms with Gasteiger partial charge in [0, 0.05) is 17.3 Å². The van der Waals surface area contributed by atoms with Gasteiger partial charge < -0.3 is 10.1 Å². The van der Waals surface area contributed by atoms with Gasteiger partial charge in [-0.25, -0.2) is 5.01 Å². The number of hydrogen-bond donors (Lipinski definition) is 1. The van der Waals surface area contributed by atoms with Crippen molar-refractivity contribution in [2.45, 2.75) is 19.3 Å². The number of nitrogens with one attached hydrogen (secondary N) is 1. The van der Waals surface area contributed by atoms with Crippen molar-refractivity contribution in [1.82, 2.24) is 5.01 Å². The molecule has 2 aromatic rings. The van der Waals surface area contributed by atoms with Crippen molar-refractivity contribution in [2.75, 3.05) is 18.5 Å². The molecule has 3 rings (SSSR count). The Kier molecular flexibility index (Phi) is 7.59. The predicted molar refractivity (Wildman–Crippen MR) is 117 cm³/mol. The summed E-state index contributed by atoms with van der Waals surface area (Å²) in [4.78, 5) is 36.1. The van der Waals surface area contributed by atoms with Crippen LogP contribution in [0.15, 0.2) is 58.1 Å². The number of rotatable bonds is 7. The van der Waals surface area contributed by atoms with Gasteiger partial charge in [-0.1, -0.05) is 57.9 Å². The minimum Gasteiger partial charge on any atom is -0.456 e. The van der Waals surface area contributed by atoms with Crippen molar-refractivity contribution in [3.8, 4) is 0 Å². The van der Waals surface area contributed by atoms with E-state index >= 15 is 0 Å². The number of esters is 1. The Morgan fingerprint density at radius 2 is 1.90 bits per heavy atom. The van der Waals surface area contributed by atoms with Gasteiger partial charge in [-0.3, -0.25) is 14.4 Å². The second-order valence-electron chi connectivity index (χ2n) is 6.51. The van der Waals surface area contributed by atoms with Crippen LogP contribution < -0.4 is 5.32 Å². The third-order valence-electron chi connectivity index (χ3n) is 4.31. The number of benzene rings is 2. The number of hydrazone groups is 1. The first kappa shape index (κ1) is 22.0. The molecule has 0 spiro atoms. The highest BCUT2D eigenvalue weighted by molar-refractivity contribution is 9.10. The summed E-state index contributed by atoms with van der Waals surface area (Å²) in [6.45, 7) is 0.0217. The van der Waals surface area contributed by atoms with Crippen molar-refractivity contribution in [3.05, 3.63) is 63.6 Å². The minimum absolute atomic E-state index is 0.0371. The lowest BCUT2D eigenvalue weighted by atomic mass is 10.1. The molecule has 9 heteroatoms. The maximum absolute atomic E-state index is 12.3. The number of carbonyl (C=O) groups excluding carboxylic acids is 3. The monoisotopic (exact) mass is 491 g/mol. The van der Waals surface area contributed by atoms with Gasteiger partial charge in [-0.2, -0.15) is 5.10 Å². The quantitative estimate of drug-likeness (QED) is 0.592. The van der Waals surface area contributed by atoms with Crippen LogP contribution in [-0.2, 0) is 19.1 Å². The Hall–Kier alpha value is -2.71. The molecule has 2 aromatic carbocycles. The van der Waals surface area contributed by atoms with E-state index in [4.69, 9.17) is 16.3 Å². The van der Waals surface area contributed by atoms with Crippen molar-refractivity contribution in [2.24, 2.45) is 5.10 Å². The zero-order valence-electron chi connectivity index (χ0n) is 15.9. The molecule has 1 heterocycles. The molecule has 0 unspecified atom stereocenters. The zero-order valence-corrected chi connectivity index (χ0v) is 18.3. The maximum atomic E-state index is 12.3. The molecule has 0 bridgehead atoms. The molecule has 0 saturated carbocycles. The van der Waals surface area contributed by atoms with Gasteiger partial charge >= 0.3 is 5.97 Å². The van der Waals surface area contributed by atoms with E-state index in [-0.39, 0.29) is 18.7 Å². The lowest BCUT2D eigenvalue weighted by Crippen LogP contribution is -2.25. The Morgan fingerprint density at radius 3 is 2.63 bits per heavy atom. The first-order valence-electron chi connectivity index (χ1n) is 9.26. The molecule has 0 fully saturated rings. The highest BCUT2D eigenvalue weighted by atomic mass is 79.9. The number of amides is 2. The largest absolute Gasteiger partial charge is 0.456 e. The topological polar surface area (TPSA) is 88.1 Å². The van der Waals surface area contributed by atoms with Crippen LogP contribution in [0, 0.1) is 0 Å². The van der Waals surface area contributed by atoms with E-state index in [1.165, 1.54) is 5.01 Å². The van der Waals surface area contributed by atoms with Gasteiger partial charge in [0.05, 0.1) is 29.4 Å². The highest BCUT2D eigenvalue weighted by Crippen LogP contribution is 2.25. The number of nitrogens with zero attached hydrogens (tertiary/aromatic N) is 2. The van der Waals surface area contributed by atoms with Crippen molar-refractivity contribution in [1.29, 1.82) is 0 Å². The highest BCUT2D eigenvalue weighted by Gasteiger charge is 2.22. The number of hydrogen-bond acceptors (Lipinski definition) is 5. The molecular weight excluding hydrogens is 474 g/mol. The van der Waals surface area contributed by atoms with Gasteiger partial charge in [-0.15, -0.1) is 0 Å². The van der Waals surface area contributed by atoms with Crippen molar-refractivity contribution >= 4 is 56.7 Å². The molecule has 1 aliphatic rings. The van der Waals surface area contributed by atoms with Gasteiger partial charge in [0.15, 0.2) is 6.61 Å². The van der Waals surface area contributed by atoms with Crippen LogP contribution in [-0.4, -0.2) is 41.7 Å². The van der Waals surface area contributed by atoms with Gasteiger partial charge in [0.2, 0.25) is 5.91 Å². The third-order valence-corrected chi connectivity index (χ3v) is 5.12. The zero-order chi connectivity index (χ0) is 21.5. The summed E-state index contributed by atoms with van der Waals surface area (Å²) in [6.07, 6.45) is 0.501. The summed E-state index contributed by atoms with van der Waals surface area (Å²) >= 11 is 9.30. The fourth-order valence-electron chi connectivity index (χ4n) is 2.80. The molecule has 7 nitrogen and oxygen atoms in total. The molecule has 156 valence electrons. The molecule has 0 aromatic heterocycles. The Balaban J connectivity index is 1.40. The SMILES string of the molecule is O=C(COC(=O)CCC(=O)N1CCC(c2ccccc2)=N1)Nc1ccc(Br)cc1Cl. The second kappa shape index (κ2) is 10.4. The lowest BCUT2D eigenvalue weighted by molar-refractivity contribution is -0.148.